The van der Waals surface area contributed by atoms with E-state index in [1.165, 1.54) is 0 Å². The van der Waals surface area contributed by atoms with Crippen molar-refractivity contribution in [2.24, 2.45) is 11.7 Å². The van der Waals surface area contributed by atoms with Crippen LogP contribution < -0.4 is 11.1 Å². The van der Waals surface area contributed by atoms with Gasteiger partial charge < -0.3 is 11.1 Å². The van der Waals surface area contributed by atoms with E-state index in [4.69, 9.17) is 5.73 Å². The smallest absolute Gasteiger partial charge is 0.234 e. The summed E-state index contributed by atoms with van der Waals surface area (Å²) in [6.07, 6.45) is 3.04. The lowest BCUT2D eigenvalue weighted by atomic mass is 9.94. The molecule has 0 saturated carbocycles. The molecule has 14 heavy (non-hydrogen) atoms. The summed E-state index contributed by atoms with van der Waals surface area (Å²) in [6, 6.07) is 0.188. The Kier molecular flexibility index (Phi) is 6.54. The maximum absolute atomic E-state index is 11.0. The van der Waals surface area contributed by atoms with Gasteiger partial charge in [0.25, 0.3) is 0 Å². The summed E-state index contributed by atoms with van der Waals surface area (Å²) in [5.41, 5.74) is 5.28. The van der Waals surface area contributed by atoms with E-state index in [1.54, 1.807) is 0 Å². The highest BCUT2D eigenvalue weighted by Crippen LogP contribution is 2.13. The van der Waals surface area contributed by atoms with Gasteiger partial charge in [-0.15, -0.1) is 0 Å². The van der Waals surface area contributed by atoms with Crippen LogP contribution in [-0.4, -0.2) is 18.0 Å². The molecule has 0 rings (SSSR count). The number of nitrogens with two attached hydrogens (primary N) is 1. The zero-order valence-electron chi connectivity index (χ0n) is 9.84. The average Bonchev–Trinajstić information content (AvgIpc) is 2.15. The third kappa shape index (κ3) is 4.09. The van der Waals surface area contributed by atoms with Crippen LogP contribution in [-0.2, 0) is 4.79 Å². The SMILES string of the molecule is CCC(NC(C)C(CC)CC)C(N)=O. The van der Waals surface area contributed by atoms with Crippen molar-refractivity contribution >= 4 is 5.91 Å². The summed E-state index contributed by atoms with van der Waals surface area (Å²) in [6.45, 7) is 8.46. The van der Waals surface area contributed by atoms with Crippen molar-refractivity contribution in [1.29, 1.82) is 0 Å². The van der Waals surface area contributed by atoms with E-state index in [1.807, 2.05) is 6.92 Å². The molecule has 3 nitrogen and oxygen atoms in total. The molecule has 0 fully saturated rings. The molecule has 0 aliphatic heterocycles. The highest BCUT2D eigenvalue weighted by Gasteiger charge is 2.19. The van der Waals surface area contributed by atoms with Gasteiger partial charge in [0.05, 0.1) is 6.04 Å². The van der Waals surface area contributed by atoms with E-state index in [0.29, 0.717) is 12.0 Å². The summed E-state index contributed by atoms with van der Waals surface area (Å²) in [5, 5.41) is 3.29. The third-order valence-electron chi connectivity index (χ3n) is 2.97. The molecule has 0 aromatic rings. The van der Waals surface area contributed by atoms with Crippen LogP contribution >= 0.6 is 0 Å². The monoisotopic (exact) mass is 200 g/mol. The van der Waals surface area contributed by atoms with Gasteiger partial charge >= 0.3 is 0 Å². The number of primary amides is 1. The Bertz CT molecular complexity index is 167. The number of carbonyl (C=O) groups is 1. The first-order valence-electron chi connectivity index (χ1n) is 5.62. The van der Waals surface area contributed by atoms with Crippen LogP contribution in [0, 0.1) is 5.92 Å². The highest BCUT2D eigenvalue weighted by molar-refractivity contribution is 5.79. The van der Waals surface area contributed by atoms with Crippen LogP contribution in [0.15, 0.2) is 0 Å². The number of nitrogens with one attached hydrogen (secondary N) is 1. The highest BCUT2D eigenvalue weighted by atomic mass is 16.1. The summed E-state index contributed by atoms with van der Waals surface area (Å²) in [4.78, 5) is 11.0. The van der Waals surface area contributed by atoms with Gasteiger partial charge in [-0.25, -0.2) is 0 Å². The maximum Gasteiger partial charge on any atom is 0.234 e. The standard InChI is InChI=1S/C11H24N2O/c1-5-9(6-2)8(4)13-10(7-3)11(12)14/h8-10,13H,5-7H2,1-4H3,(H2,12,14). The molecule has 0 aromatic heterocycles. The van der Waals surface area contributed by atoms with Crippen molar-refractivity contribution in [3.63, 3.8) is 0 Å². The topological polar surface area (TPSA) is 55.1 Å². The van der Waals surface area contributed by atoms with Crippen molar-refractivity contribution in [3.8, 4) is 0 Å². The molecule has 84 valence electrons. The largest absolute Gasteiger partial charge is 0.368 e. The summed E-state index contributed by atoms with van der Waals surface area (Å²) >= 11 is 0. The molecule has 0 aromatic carbocycles. The molecule has 1 amide bonds. The van der Waals surface area contributed by atoms with Gasteiger partial charge in [0.2, 0.25) is 5.91 Å². The van der Waals surface area contributed by atoms with Crippen molar-refractivity contribution in [3.05, 3.63) is 0 Å². The van der Waals surface area contributed by atoms with Crippen LogP contribution in [0.1, 0.15) is 47.0 Å². The lowest BCUT2D eigenvalue weighted by Gasteiger charge is -2.26. The molecular weight excluding hydrogens is 176 g/mol. The van der Waals surface area contributed by atoms with Crippen LogP contribution in [0.25, 0.3) is 0 Å². The molecule has 0 aliphatic carbocycles. The predicted octanol–water partition coefficient (Wildman–Crippen LogP) is 1.66. The predicted molar refractivity (Wildman–Crippen MR) is 59.9 cm³/mol. The summed E-state index contributed by atoms with van der Waals surface area (Å²) in [5.74, 6) is 0.383. The molecule has 2 atom stereocenters. The molecule has 0 bridgehead atoms. The summed E-state index contributed by atoms with van der Waals surface area (Å²) in [7, 11) is 0. The van der Waals surface area contributed by atoms with Gasteiger partial charge in [-0.1, -0.05) is 33.6 Å². The van der Waals surface area contributed by atoms with Gasteiger partial charge in [0, 0.05) is 6.04 Å². The van der Waals surface area contributed by atoms with Gasteiger partial charge in [-0.05, 0) is 19.3 Å². The van der Waals surface area contributed by atoms with Gasteiger partial charge in [-0.3, -0.25) is 4.79 Å². The van der Waals surface area contributed by atoms with Crippen molar-refractivity contribution in [1.82, 2.24) is 5.32 Å². The fourth-order valence-electron chi connectivity index (χ4n) is 1.85. The molecule has 0 aliphatic rings. The van der Waals surface area contributed by atoms with E-state index >= 15 is 0 Å². The fourth-order valence-corrected chi connectivity index (χ4v) is 1.85. The Morgan fingerprint density at radius 1 is 1.21 bits per heavy atom. The van der Waals surface area contributed by atoms with E-state index in [9.17, 15) is 4.79 Å². The third-order valence-corrected chi connectivity index (χ3v) is 2.97. The Morgan fingerprint density at radius 2 is 1.71 bits per heavy atom. The molecule has 0 heterocycles. The Labute approximate surface area is 87.4 Å². The molecule has 0 radical (unpaired) electrons. The molecule has 3 N–H and O–H groups in total. The second kappa shape index (κ2) is 6.82. The van der Waals surface area contributed by atoms with Crippen LogP contribution in [0.3, 0.4) is 0 Å². The normalized spacial score (nSPS) is 15.5. The first-order chi connectivity index (χ1) is 6.56. The molecule has 2 unspecified atom stereocenters. The minimum Gasteiger partial charge on any atom is -0.368 e. The van der Waals surface area contributed by atoms with Crippen molar-refractivity contribution in [2.45, 2.75) is 59.0 Å². The number of amides is 1. The minimum absolute atomic E-state index is 0.175. The quantitative estimate of drug-likeness (QED) is 0.656. The number of hydrogen-bond acceptors (Lipinski definition) is 2. The lowest BCUT2D eigenvalue weighted by Crippen LogP contribution is -2.47. The van der Waals surface area contributed by atoms with E-state index in [0.717, 1.165) is 19.3 Å². The molecular formula is C11H24N2O. The fraction of sp³-hybridized carbons (Fsp3) is 0.909. The molecule has 0 spiro atoms. The summed E-state index contributed by atoms with van der Waals surface area (Å²) < 4.78 is 0. The Morgan fingerprint density at radius 3 is 2.00 bits per heavy atom. The molecule has 3 heteroatoms. The maximum atomic E-state index is 11.0. The van der Waals surface area contributed by atoms with Crippen molar-refractivity contribution < 1.29 is 4.79 Å². The van der Waals surface area contributed by atoms with Crippen LogP contribution in [0.4, 0.5) is 0 Å². The van der Waals surface area contributed by atoms with Crippen molar-refractivity contribution in [2.75, 3.05) is 0 Å². The Hall–Kier alpha value is -0.570. The zero-order chi connectivity index (χ0) is 11.1. The molecule has 0 saturated heterocycles. The second-order valence-electron chi connectivity index (χ2n) is 3.90. The lowest BCUT2D eigenvalue weighted by molar-refractivity contribution is -0.120. The van der Waals surface area contributed by atoms with Crippen LogP contribution in [0.2, 0.25) is 0 Å². The zero-order valence-corrected chi connectivity index (χ0v) is 9.84. The second-order valence-corrected chi connectivity index (χ2v) is 3.90. The van der Waals surface area contributed by atoms with Gasteiger partial charge in [-0.2, -0.15) is 0 Å². The first kappa shape index (κ1) is 13.4. The van der Waals surface area contributed by atoms with Gasteiger partial charge in [0.15, 0.2) is 0 Å². The Balaban J connectivity index is 4.12. The minimum atomic E-state index is -0.245. The number of hydrogen-bond donors (Lipinski definition) is 2. The average molecular weight is 200 g/mol. The van der Waals surface area contributed by atoms with E-state index in [2.05, 4.69) is 26.1 Å². The van der Waals surface area contributed by atoms with E-state index in [-0.39, 0.29) is 11.9 Å². The number of carbonyl (C=O) groups excluding carboxylic acids is 1. The number of rotatable bonds is 7. The first-order valence-corrected chi connectivity index (χ1v) is 5.62. The van der Waals surface area contributed by atoms with Crippen LogP contribution in [0.5, 0.6) is 0 Å². The van der Waals surface area contributed by atoms with E-state index < -0.39 is 0 Å². The van der Waals surface area contributed by atoms with Gasteiger partial charge in [0.1, 0.15) is 0 Å².